The molecule has 7 nitrogen and oxygen atoms in total. The number of anilines is 3. The summed E-state index contributed by atoms with van der Waals surface area (Å²) in [5.41, 5.74) is 9.10. The highest BCUT2D eigenvalue weighted by Crippen LogP contribution is 2.35. The Morgan fingerprint density at radius 1 is 1.06 bits per heavy atom. The molecule has 0 atom stereocenters. The smallest absolute Gasteiger partial charge is 0.261 e. The molecule has 1 aromatic carbocycles. The van der Waals surface area contributed by atoms with Gasteiger partial charge in [0.15, 0.2) is 0 Å². The van der Waals surface area contributed by atoms with Crippen LogP contribution < -0.4 is 16.4 Å². The van der Waals surface area contributed by atoms with Crippen molar-refractivity contribution in [2.24, 2.45) is 5.41 Å². The van der Waals surface area contributed by atoms with Gasteiger partial charge in [0.05, 0.1) is 11.9 Å². The second kappa shape index (κ2) is 7.62. The average Bonchev–Trinajstić information content (AvgIpc) is 3.14. The van der Waals surface area contributed by atoms with Crippen molar-refractivity contribution in [2.45, 2.75) is 72.8 Å². The molecule has 1 amide bonds. The Kier molecular flexibility index (Phi) is 5.59. The highest BCUT2D eigenvalue weighted by Gasteiger charge is 2.32. The largest absolute Gasteiger partial charge is 0.399 e. The van der Waals surface area contributed by atoms with Gasteiger partial charge in [-0.3, -0.25) is 4.79 Å². The first-order valence-electron chi connectivity index (χ1n) is 10.7. The van der Waals surface area contributed by atoms with Gasteiger partial charge in [-0.25, -0.2) is 0 Å². The van der Waals surface area contributed by atoms with Crippen molar-refractivity contribution < 1.29 is 4.79 Å². The number of amides is 1. The highest BCUT2D eigenvalue weighted by atomic mass is 16.1. The van der Waals surface area contributed by atoms with Crippen molar-refractivity contribution >= 4 is 28.7 Å². The molecule has 0 fully saturated rings. The summed E-state index contributed by atoms with van der Waals surface area (Å²) in [7, 11) is 0. The average molecular weight is 425 g/mol. The quantitative estimate of drug-likeness (QED) is 0.411. The number of aromatic amines is 1. The minimum atomic E-state index is -0.220. The van der Waals surface area contributed by atoms with Crippen LogP contribution in [0.15, 0.2) is 30.5 Å². The lowest BCUT2D eigenvalue weighted by Crippen LogP contribution is -2.36. The van der Waals surface area contributed by atoms with Gasteiger partial charge in [0.2, 0.25) is 0 Å². The number of nitrogens with zero attached hydrogens (tertiary/aromatic N) is 2. The third-order valence-electron chi connectivity index (χ3n) is 5.05. The van der Waals surface area contributed by atoms with Gasteiger partial charge < -0.3 is 21.4 Å². The summed E-state index contributed by atoms with van der Waals surface area (Å²) >= 11 is 0. The topological polar surface area (TPSA) is 100 Å². The van der Waals surface area contributed by atoms with E-state index in [2.05, 4.69) is 76.1 Å². The van der Waals surface area contributed by atoms with Gasteiger partial charge in [-0.15, -0.1) is 0 Å². The molecule has 3 aromatic rings. The first kappa shape index (κ1) is 22.7. The van der Waals surface area contributed by atoms with Crippen LogP contribution in [0.2, 0.25) is 0 Å². The molecule has 168 valence electrons. The van der Waals surface area contributed by atoms with Crippen LogP contribution in [-0.4, -0.2) is 26.0 Å². The summed E-state index contributed by atoms with van der Waals surface area (Å²) in [5, 5.41) is 11.2. The SMILES string of the molecule is CC(C)(C)CC(C)(C)Nc1c(C(C)(C)C)[nH]c2c(C(=O)Nc3ccc(N)cc3)cnn12. The second-order valence-electron chi connectivity index (χ2n) is 11.2. The summed E-state index contributed by atoms with van der Waals surface area (Å²) in [6, 6.07) is 7.08. The van der Waals surface area contributed by atoms with Gasteiger partial charge in [0.25, 0.3) is 5.91 Å². The van der Waals surface area contributed by atoms with Crippen molar-refractivity contribution in [1.29, 1.82) is 0 Å². The van der Waals surface area contributed by atoms with E-state index in [1.54, 1.807) is 30.5 Å². The first-order valence-corrected chi connectivity index (χ1v) is 10.7. The van der Waals surface area contributed by atoms with E-state index in [-0.39, 0.29) is 22.3 Å². The predicted octanol–water partition coefficient (Wildman–Crippen LogP) is 5.42. The van der Waals surface area contributed by atoms with Crippen molar-refractivity contribution in [3.8, 4) is 0 Å². The van der Waals surface area contributed by atoms with E-state index in [1.807, 2.05) is 4.52 Å². The number of nitrogens with two attached hydrogens (primary N) is 1. The Balaban J connectivity index is 2.00. The summed E-state index contributed by atoms with van der Waals surface area (Å²) < 4.78 is 1.81. The zero-order chi connectivity index (χ0) is 23.2. The van der Waals surface area contributed by atoms with Crippen molar-refractivity contribution in [3.05, 3.63) is 41.7 Å². The number of aromatic nitrogens is 3. The Hall–Kier alpha value is -2.96. The number of benzene rings is 1. The summed E-state index contributed by atoms with van der Waals surface area (Å²) in [6.45, 7) is 17.5. The van der Waals surface area contributed by atoms with Crippen molar-refractivity contribution in [2.75, 3.05) is 16.4 Å². The lowest BCUT2D eigenvalue weighted by Gasteiger charge is -2.34. The number of carbonyl (C=O) groups excluding carboxylic acids is 1. The lowest BCUT2D eigenvalue weighted by molar-refractivity contribution is 0.102. The summed E-state index contributed by atoms with van der Waals surface area (Å²) in [5.74, 6) is 0.672. The first-order chi connectivity index (χ1) is 14.2. The number of fused-ring (bicyclic) bond motifs is 1. The van der Waals surface area contributed by atoms with E-state index in [1.165, 1.54) is 0 Å². The third kappa shape index (κ3) is 5.21. The number of imidazole rings is 1. The second-order valence-corrected chi connectivity index (χ2v) is 11.2. The lowest BCUT2D eigenvalue weighted by atomic mass is 9.81. The molecule has 0 unspecified atom stereocenters. The molecule has 0 saturated carbocycles. The van der Waals surface area contributed by atoms with E-state index < -0.39 is 0 Å². The maximum Gasteiger partial charge on any atom is 0.261 e. The zero-order valence-electron chi connectivity index (χ0n) is 20.0. The molecule has 0 bridgehead atoms. The molecule has 0 spiro atoms. The highest BCUT2D eigenvalue weighted by molar-refractivity contribution is 6.08. The predicted molar refractivity (Wildman–Crippen MR) is 129 cm³/mol. The fourth-order valence-corrected chi connectivity index (χ4v) is 4.20. The fraction of sp³-hybridized carbons (Fsp3) is 0.500. The van der Waals surface area contributed by atoms with Crippen LogP contribution in [0.1, 0.15) is 77.9 Å². The van der Waals surface area contributed by atoms with Crippen LogP contribution >= 0.6 is 0 Å². The van der Waals surface area contributed by atoms with Crippen molar-refractivity contribution in [1.82, 2.24) is 14.6 Å². The van der Waals surface area contributed by atoms with Crippen LogP contribution in [0.25, 0.3) is 5.65 Å². The molecule has 0 aliphatic rings. The minimum absolute atomic E-state index is 0.161. The number of hydrogen-bond acceptors (Lipinski definition) is 4. The Morgan fingerprint density at radius 2 is 1.68 bits per heavy atom. The molecule has 2 heterocycles. The number of rotatable bonds is 5. The van der Waals surface area contributed by atoms with E-state index in [0.717, 1.165) is 17.9 Å². The summed E-state index contributed by atoms with van der Waals surface area (Å²) in [4.78, 5) is 16.5. The monoisotopic (exact) mass is 424 g/mol. The minimum Gasteiger partial charge on any atom is -0.399 e. The van der Waals surface area contributed by atoms with E-state index >= 15 is 0 Å². The molecule has 7 heteroatoms. The number of hydrogen-bond donors (Lipinski definition) is 4. The van der Waals surface area contributed by atoms with E-state index in [4.69, 9.17) is 5.73 Å². The van der Waals surface area contributed by atoms with Crippen LogP contribution in [-0.2, 0) is 5.41 Å². The maximum absolute atomic E-state index is 13.0. The maximum atomic E-state index is 13.0. The Bertz CT molecular complexity index is 1070. The molecular formula is C24H36N6O. The molecule has 0 aliphatic heterocycles. The van der Waals surface area contributed by atoms with E-state index in [0.29, 0.717) is 22.6 Å². The molecule has 5 N–H and O–H groups in total. The zero-order valence-corrected chi connectivity index (χ0v) is 20.0. The Labute approximate surface area is 184 Å². The number of H-pyrrole nitrogens is 1. The van der Waals surface area contributed by atoms with Gasteiger partial charge >= 0.3 is 0 Å². The number of carbonyl (C=O) groups is 1. The third-order valence-corrected chi connectivity index (χ3v) is 5.05. The molecule has 2 aromatic heterocycles. The molecule has 0 saturated heterocycles. The normalized spacial score (nSPS) is 12.9. The van der Waals surface area contributed by atoms with E-state index in [9.17, 15) is 4.79 Å². The van der Waals surface area contributed by atoms with Gasteiger partial charge in [-0.05, 0) is 49.9 Å². The van der Waals surface area contributed by atoms with Gasteiger partial charge in [-0.1, -0.05) is 41.5 Å². The molecular weight excluding hydrogens is 388 g/mol. The van der Waals surface area contributed by atoms with Crippen molar-refractivity contribution in [3.63, 3.8) is 0 Å². The molecule has 31 heavy (non-hydrogen) atoms. The van der Waals surface area contributed by atoms with Gasteiger partial charge in [0, 0.05) is 22.3 Å². The van der Waals surface area contributed by atoms with Crippen LogP contribution in [0.4, 0.5) is 17.2 Å². The number of nitrogen functional groups attached to an aromatic ring is 1. The van der Waals surface area contributed by atoms with Crippen LogP contribution in [0, 0.1) is 5.41 Å². The standard InChI is InChI=1S/C24H36N6O/c1-22(2,3)14-24(7,8)29-20-18(23(4,5)6)28-19-17(13-26-30(19)20)21(31)27-16-11-9-15(25)10-12-16/h9-13,28-29H,14,25H2,1-8H3,(H,27,31). The molecule has 0 radical (unpaired) electrons. The fourth-order valence-electron chi connectivity index (χ4n) is 4.20. The number of nitrogens with one attached hydrogen (secondary N) is 3. The summed E-state index contributed by atoms with van der Waals surface area (Å²) in [6.07, 6.45) is 2.58. The molecule has 3 rings (SSSR count). The van der Waals surface area contributed by atoms with Crippen LogP contribution in [0.5, 0.6) is 0 Å². The van der Waals surface area contributed by atoms with Gasteiger partial charge in [-0.2, -0.15) is 9.61 Å². The Morgan fingerprint density at radius 3 is 2.23 bits per heavy atom. The molecule has 0 aliphatic carbocycles. The van der Waals surface area contributed by atoms with Gasteiger partial charge in [0.1, 0.15) is 17.0 Å². The van der Waals surface area contributed by atoms with Crippen LogP contribution in [0.3, 0.4) is 0 Å².